The highest BCUT2D eigenvalue weighted by molar-refractivity contribution is 8.03. The maximum atomic E-state index is 11.8. The van der Waals surface area contributed by atoms with Gasteiger partial charge in [-0.2, -0.15) is 0 Å². The van der Waals surface area contributed by atoms with Crippen LogP contribution in [0.15, 0.2) is 106 Å². The molecule has 1 aromatic carbocycles. The van der Waals surface area contributed by atoms with E-state index in [9.17, 15) is 4.79 Å². The lowest BCUT2D eigenvalue weighted by Gasteiger charge is -2.25. The molecule has 0 aliphatic rings. The zero-order valence-electron chi connectivity index (χ0n) is 30.5. The maximum Gasteiger partial charge on any atom is 0.337 e. The SMILES string of the molecule is C#CC(/C=C(\C=C)C(=O)OC)OCC(C)CCN(CC)C(/C=C\CNCC(Sc1ccc(C(/C=C\C=C)=C/CC)cc1C)=C(C)C)=NC. The van der Waals surface area contributed by atoms with Gasteiger partial charge in [0.15, 0.2) is 0 Å². The fraction of sp³-hybridized carbons (Fsp3) is 0.415. The molecule has 6 nitrogen and oxygen atoms in total. The van der Waals surface area contributed by atoms with Gasteiger partial charge < -0.3 is 19.7 Å². The van der Waals surface area contributed by atoms with Crippen LogP contribution >= 0.6 is 11.8 Å². The zero-order valence-corrected chi connectivity index (χ0v) is 31.3. The monoisotopic (exact) mass is 671 g/mol. The number of nitrogens with one attached hydrogen (secondary N) is 1. The fourth-order valence-electron chi connectivity index (χ4n) is 4.63. The Morgan fingerprint density at radius 3 is 2.54 bits per heavy atom. The molecule has 1 aromatic rings. The highest BCUT2D eigenvalue weighted by Gasteiger charge is 2.14. The lowest BCUT2D eigenvalue weighted by atomic mass is 10.0. The van der Waals surface area contributed by atoms with Crippen LogP contribution < -0.4 is 5.32 Å². The number of likely N-dealkylation sites (N-methyl/N-ethyl adjacent to an activating group) is 1. The van der Waals surface area contributed by atoms with Crippen LogP contribution in [0.5, 0.6) is 0 Å². The molecule has 2 atom stereocenters. The topological polar surface area (TPSA) is 63.2 Å². The number of esters is 1. The van der Waals surface area contributed by atoms with Crippen LogP contribution in [-0.2, 0) is 14.3 Å². The molecular weight excluding hydrogens is 615 g/mol. The van der Waals surface area contributed by atoms with Crippen molar-refractivity contribution in [2.24, 2.45) is 10.9 Å². The number of thioether (sulfide) groups is 1. The summed E-state index contributed by atoms with van der Waals surface area (Å²) in [6, 6.07) is 6.71. The lowest BCUT2D eigenvalue weighted by Crippen LogP contribution is -2.32. The van der Waals surface area contributed by atoms with Crippen molar-refractivity contribution in [1.29, 1.82) is 0 Å². The molecule has 2 unspecified atom stereocenters. The van der Waals surface area contributed by atoms with Gasteiger partial charge in [0.05, 0.1) is 19.3 Å². The van der Waals surface area contributed by atoms with Crippen molar-refractivity contribution < 1.29 is 14.3 Å². The second kappa shape index (κ2) is 24.3. The highest BCUT2D eigenvalue weighted by Crippen LogP contribution is 2.33. The predicted molar refractivity (Wildman–Crippen MR) is 208 cm³/mol. The minimum atomic E-state index is -0.633. The standard InChI is InChI=1S/C41H57N3O3S/c1-12-17-20-35(19-13-2)36-22-23-38(33(9)27-36)48-39(31(6)7)29-43-25-18-21-40(42-10)44(16-5)26-24-32(8)30-47-37(15-4)28-34(14-3)41(45)46-11/h4,12,14,17-23,27-28,32,37,43H,1,3,13,16,24-26,29-30H2,2,5-11H3/b20-17-,21-18-,34-28+,35-19+,42-40?. The van der Waals surface area contributed by atoms with Crippen LogP contribution in [0.3, 0.4) is 0 Å². The van der Waals surface area contributed by atoms with E-state index in [1.807, 2.05) is 31.0 Å². The molecule has 0 amide bonds. The zero-order chi connectivity index (χ0) is 35.9. The first-order valence-corrected chi connectivity index (χ1v) is 17.4. The van der Waals surface area contributed by atoms with Gasteiger partial charge in [-0.25, -0.2) is 4.79 Å². The molecule has 0 saturated carbocycles. The van der Waals surface area contributed by atoms with Crippen LogP contribution in [0.2, 0.25) is 0 Å². The summed E-state index contributed by atoms with van der Waals surface area (Å²) in [6.07, 6.45) is 22.2. The maximum absolute atomic E-state index is 11.8. The third-order valence-corrected chi connectivity index (χ3v) is 8.95. The number of carbonyl (C=O) groups is 1. The van der Waals surface area contributed by atoms with Gasteiger partial charge in [0.25, 0.3) is 0 Å². The summed E-state index contributed by atoms with van der Waals surface area (Å²) in [6.45, 7) is 24.0. The van der Waals surface area contributed by atoms with Gasteiger partial charge in [0.2, 0.25) is 0 Å². The number of methoxy groups -OCH3 is 1. The van der Waals surface area contributed by atoms with Gasteiger partial charge in [0.1, 0.15) is 11.9 Å². The van der Waals surface area contributed by atoms with Crippen molar-refractivity contribution in [3.63, 3.8) is 0 Å². The first-order valence-electron chi connectivity index (χ1n) is 16.6. The number of allylic oxidation sites excluding steroid dienone is 6. The summed E-state index contributed by atoms with van der Waals surface area (Å²) in [4.78, 5) is 21.2. The second-order valence-corrected chi connectivity index (χ2v) is 12.6. The van der Waals surface area contributed by atoms with Gasteiger partial charge in [0, 0.05) is 43.0 Å². The van der Waals surface area contributed by atoms with Gasteiger partial charge in [-0.05, 0) is 81.4 Å². The number of rotatable bonds is 21. The van der Waals surface area contributed by atoms with Crippen LogP contribution in [0.1, 0.15) is 58.6 Å². The fourth-order valence-corrected chi connectivity index (χ4v) is 5.63. The predicted octanol–water partition coefficient (Wildman–Crippen LogP) is 8.74. The number of aliphatic imine (C=N–C) groups is 1. The molecule has 0 bridgehead atoms. The van der Waals surface area contributed by atoms with Gasteiger partial charge in [-0.3, -0.25) is 4.99 Å². The Hall–Kier alpha value is -3.83. The first-order chi connectivity index (χ1) is 23.1. The van der Waals surface area contributed by atoms with Crippen molar-refractivity contribution in [2.45, 2.75) is 65.4 Å². The van der Waals surface area contributed by atoms with Gasteiger partial charge in [-0.1, -0.05) is 98.8 Å². The number of nitrogens with zero attached hydrogens (tertiary/aromatic N) is 2. The number of hydrogen-bond donors (Lipinski definition) is 1. The molecule has 0 spiro atoms. The molecule has 0 heterocycles. The molecule has 0 aromatic heterocycles. The van der Waals surface area contributed by atoms with E-state index in [1.54, 1.807) is 6.08 Å². The molecule has 0 aliphatic heterocycles. The van der Waals surface area contributed by atoms with Crippen molar-refractivity contribution in [2.75, 3.05) is 46.9 Å². The van der Waals surface area contributed by atoms with Crippen LogP contribution in [0, 0.1) is 25.2 Å². The molecule has 0 saturated heterocycles. The Balaban J connectivity index is 2.72. The van der Waals surface area contributed by atoms with Crippen molar-refractivity contribution in [3.05, 3.63) is 107 Å². The minimum absolute atomic E-state index is 0.251. The number of benzene rings is 1. The summed E-state index contributed by atoms with van der Waals surface area (Å²) in [5, 5.41) is 3.58. The molecule has 1 rings (SSSR count). The van der Waals surface area contributed by atoms with E-state index >= 15 is 0 Å². The molecule has 0 aliphatic carbocycles. The Morgan fingerprint density at radius 1 is 1.23 bits per heavy atom. The summed E-state index contributed by atoms with van der Waals surface area (Å²) in [7, 11) is 3.15. The van der Waals surface area contributed by atoms with Crippen LogP contribution in [0.4, 0.5) is 0 Å². The molecule has 0 fully saturated rings. The summed E-state index contributed by atoms with van der Waals surface area (Å²) in [5.41, 5.74) is 5.30. The number of terminal acetylenes is 1. The largest absolute Gasteiger partial charge is 0.465 e. The van der Waals surface area contributed by atoms with Crippen LogP contribution in [0.25, 0.3) is 5.57 Å². The number of carbonyl (C=O) groups excluding carboxylic acids is 1. The van der Waals surface area contributed by atoms with Crippen LogP contribution in [-0.4, -0.2) is 69.8 Å². The molecule has 1 N–H and O–H groups in total. The normalized spacial score (nSPS) is 13.7. The highest BCUT2D eigenvalue weighted by atomic mass is 32.2. The lowest BCUT2D eigenvalue weighted by molar-refractivity contribution is -0.135. The van der Waals surface area contributed by atoms with E-state index in [0.29, 0.717) is 12.2 Å². The average molecular weight is 672 g/mol. The van der Waals surface area contributed by atoms with Crippen molar-refractivity contribution >= 4 is 29.1 Å². The number of amidine groups is 1. The summed E-state index contributed by atoms with van der Waals surface area (Å²) < 4.78 is 10.6. The van der Waals surface area contributed by atoms with E-state index in [0.717, 1.165) is 44.9 Å². The smallest absolute Gasteiger partial charge is 0.337 e. The van der Waals surface area contributed by atoms with Gasteiger partial charge >= 0.3 is 5.97 Å². The van der Waals surface area contributed by atoms with Crippen molar-refractivity contribution in [1.82, 2.24) is 10.2 Å². The third kappa shape index (κ3) is 15.4. The number of ether oxygens (including phenoxy) is 2. The molecule has 0 radical (unpaired) electrons. The third-order valence-electron chi connectivity index (χ3n) is 7.47. The van der Waals surface area contributed by atoms with Gasteiger partial charge in [-0.15, -0.1) is 6.42 Å². The second-order valence-electron chi connectivity index (χ2n) is 11.5. The first kappa shape index (κ1) is 42.2. The quantitative estimate of drug-likeness (QED) is 0.0206. The molecule has 260 valence electrons. The molecule has 7 heteroatoms. The van der Waals surface area contributed by atoms with E-state index < -0.39 is 12.1 Å². The molecular formula is C41H57N3O3S. The Kier molecular flexibility index (Phi) is 21.4. The van der Waals surface area contributed by atoms with E-state index in [4.69, 9.17) is 15.9 Å². The van der Waals surface area contributed by atoms with E-state index in [1.165, 1.54) is 45.3 Å². The Morgan fingerprint density at radius 2 is 1.98 bits per heavy atom. The van der Waals surface area contributed by atoms with E-state index in [2.05, 4.69) is 118 Å². The number of hydrogen-bond acceptors (Lipinski definition) is 6. The minimum Gasteiger partial charge on any atom is -0.465 e. The average Bonchev–Trinajstić information content (AvgIpc) is 3.08. The summed E-state index contributed by atoms with van der Waals surface area (Å²) in [5.74, 6) is 3.27. The number of aryl methyl sites for hydroxylation is 1. The Bertz CT molecular complexity index is 1420. The summed E-state index contributed by atoms with van der Waals surface area (Å²) >= 11 is 1.83. The van der Waals surface area contributed by atoms with E-state index in [-0.39, 0.29) is 5.92 Å². The van der Waals surface area contributed by atoms with Crippen molar-refractivity contribution in [3.8, 4) is 12.3 Å². The Labute approximate surface area is 295 Å². The molecule has 48 heavy (non-hydrogen) atoms.